The Bertz CT molecular complexity index is 542. The molecule has 2 N–H and O–H groups in total. The Hall–Kier alpha value is -1.89. The van der Waals surface area contributed by atoms with E-state index in [0.29, 0.717) is 5.75 Å². The fourth-order valence-corrected chi connectivity index (χ4v) is 2.68. The minimum Gasteiger partial charge on any atom is -0.497 e. The lowest BCUT2D eigenvalue weighted by molar-refractivity contribution is -0.138. The van der Waals surface area contributed by atoms with Crippen molar-refractivity contribution in [1.29, 1.82) is 0 Å². The summed E-state index contributed by atoms with van der Waals surface area (Å²) in [6, 6.07) is 6.55. The van der Waals surface area contributed by atoms with E-state index >= 15 is 0 Å². The van der Waals surface area contributed by atoms with Crippen LogP contribution in [-0.4, -0.2) is 41.7 Å². The van der Waals surface area contributed by atoms with E-state index in [1.54, 1.807) is 27.9 Å². The number of rotatable bonds is 7. The van der Waals surface area contributed by atoms with E-state index in [-0.39, 0.29) is 5.75 Å². The molecule has 0 saturated carbocycles. The minimum absolute atomic E-state index is 0.242. The standard InChI is InChI=1S/C16H23NO5S/c1-16(2,3)22-15(20)17-13(14(18)19)10-23-9-11-6-5-7-12(8-11)21-4/h5-8,13H,9-10H2,1-4H3,(H,17,20)(H,18,19). The first-order chi connectivity index (χ1) is 10.7. The van der Waals surface area contributed by atoms with Crippen LogP contribution < -0.4 is 10.1 Å². The summed E-state index contributed by atoms with van der Waals surface area (Å²) in [7, 11) is 1.59. The topological polar surface area (TPSA) is 84.9 Å². The fraction of sp³-hybridized carbons (Fsp3) is 0.500. The summed E-state index contributed by atoms with van der Waals surface area (Å²) in [5, 5.41) is 11.6. The van der Waals surface area contributed by atoms with Crippen molar-refractivity contribution in [3.63, 3.8) is 0 Å². The average Bonchev–Trinajstić information content (AvgIpc) is 2.44. The van der Waals surface area contributed by atoms with Crippen molar-refractivity contribution in [2.75, 3.05) is 12.9 Å². The van der Waals surface area contributed by atoms with Crippen LogP contribution in [0.25, 0.3) is 0 Å². The normalized spacial score (nSPS) is 12.3. The smallest absolute Gasteiger partial charge is 0.408 e. The molecule has 0 saturated heterocycles. The summed E-state index contributed by atoms with van der Waals surface area (Å²) in [5.41, 5.74) is 0.358. The van der Waals surface area contributed by atoms with Gasteiger partial charge in [0.15, 0.2) is 0 Å². The molecule has 1 aromatic carbocycles. The van der Waals surface area contributed by atoms with Gasteiger partial charge in [0.2, 0.25) is 0 Å². The van der Waals surface area contributed by atoms with Gasteiger partial charge in [-0.05, 0) is 38.5 Å². The summed E-state index contributed by atoms with van der Waals surface area (Å²) in [4.78, 5) is 22.9. The Morgan fingerprint density at radius 3 is 2.61 bits per heavy atom. The molecule has 0 heterocycles. The number of alkyl carbamates (subject to hydrolysis) is 1. The van der Waals surface area contributed by atoms with Gasteiger partial charge in [0.1, 0.15) is 17.4 Å². The second-order valence-electron chi connectivity index (χ2n) is 5.90. The number of carboxylic acid groups (broad SMARTS) is 1. The average molecular weight is 341 g/mol. The molecule has 1 unspecified atom stereocenters. The van der Waals surface area contributed by atoms with Crippen molar-refractivity contribution in [3.8, 4) is 5.75 Å². The zero-order valence-electron chi connectivity index (χ0n) is 13.8. The molecule has 0 aliphatic rings. The van der Waals surface area contributed by atoms with Gasteiger partial charge in [-0.1, -0.05) is 12.1 Å². The third-order valence-corrected chi connectivity index (χ3v) is 3.78. The lowest BCUT2D eigenvalue weighted by atomic mass is 10.2. The highest BCUT2D eigenvalue weighted by atomic mass is 32.2. The van der Waals surface area contributed by atoms with E-state index in [1.807, 2.05) is 24.3 Å². The van der Waals surface area contributed by atoms with Crippen LogP contribution in [0, 0.1) is 0 Å². The predicted octanol–water partition coefficient (Wildman–Crippen LogP) is 2.91. The van der Waals surface area contributed by atoms with Gasteiger partial charge in [0.05, 0.1) is 7.11 Å². The molecule has 0 spiro atoms. The van der Waals surface area contributed by atoms with Gasteiger partial charge in [-0.3, -0.25) is 0 Å². The molecular formula is C16H23NO5S. The molecule has 0 aliphatic heterocycles. The molecule has 1 atom stereocenters. The number of amides is 1. The van der Waals surface area contributed by atoms with Crippen molar-refractivity contribution >= 4 is 23.8 Å². The van der Waals surface area contributed by atoms with Crippen molar-refractivity contribution in [2.24, 2.45) is 0 Å². The third kappa shape index (κ3) is 7.78. The molecular weight excluding hydrogens is 318 g/mol. The van der Waals surface area contributed by atoms with E-state index in [4.69, 9.17) is 9.47 Å². The molecule has 1 rings (SSSR count). The van der Waals surface area contributed by atoms with Crippen molar-refractivity contribution in [1.82, 2.24) is 5.32 Å². The maximum atomic E-state index is 11.7. The zero-order chi connectivity index (χ0) is 17.5. The number of thioether (sulfide) groups is 1. The number of ether oxygens (including phenoxy) is 2. The number of carboxylic acids is 1. The van der Waals surface area contributed by atoms with Crippen LogP contribution >= 0.6 is 11.8 Å². The molecule has 0 radical (unpaired) electrons. The van der Waals surface area contributed by atoms with Crippen LogP contribution in [0.1, 0.15) is 26.3 Å². The Morgan fingerprint density at radius 1 is 1.35 bits per heavy atom. The lowest BCUT2D eigenvalue weighted by Crippen LogP contribution is -2.44. The second-order valence-corrected chi connectivity index (χ2v) is 6.93. The number of hydrogen-bond acceptors (Lipinski definition) is 5. The highest BCUT2D eigenvalue weighted by molar-refractivity contribution is 7.98. The molecule has 0 aliphatic carbocycles. The van der Waals surface area contributed by atoms with E-state index in [2.05, 4.69) is 5.32 Å². The molecule has 1 aromatic rings. The van der Waals surface area contributed by atoms with E-state index in [1.165, 1.54) is 11.8 Å². The van der Waals surface area contributed by atoms with Gasteiger partial charge in [-0.15, -0.1) is 0 Å². The largest absolute Gasteiger partial charge is 0.497 e. The Morgan fingerprint density at radius 2 is 2.04 bits per heavy atom. The van der Waals surface area contributed by atoms with Gasteiger partial charge in [-0.2, -0.15) is 11.8 Å². The van der Waals surface area contributed by atoms with Crippen LogP contribution in [0.15, 0.2) is 24.3 Å². The Balaban J connectivity index is 2.50. The third-order valence-electron chi connectivity index (χ3n) is 2.68. The molecule has 6 nitrogen and oxygen atoms in total. The lowest BCUT2D eigenvalue weighted by Gasteiger charge is -2.21. The number of aliphatic carboxylic acids is 1. The second kappa shape index (κ2) is 8.67. The number of methoxy groups -OCH3 is 1. The van der Waals surface area contributed by atoms with Gasteiger partial charge in [-0.25, -0.2) is 9.59 Å². The summed E-state index contributed by atoms with van der Waals surface area (Å²) in [6.45, 7) is 5.17. The number of nitrogens with one attached hydrogen (secondary N) is 1. The monoisotopic (exact) mass is 341 g/mol. The zero-order valence-corrected chi connectivity index (χ0v) is 14.6. The van der Waals surface area contributed by atoms with Gasteiger partial charge >= 0.3 is 12.1 Å². The molecule has 128 valence electrons. The molecule has 23 heavy (non-hydrogen) atoms. The van der Waals surface area contributed by atoms with Crippen LogP contribution in [0.5, 0.6) is 5.75 Å². The van der Waals surface area contributed by atoms with E-state index in [9.17, 15) is 14.7 Å². The first kappa shape index (κ1) is 19.2. The van der Waals surface area contributed by atoms with Crippen molar-refractivity contribution in [3.05, 3.63) is 29.8 Å². The van der Waals surface area contributed by atoms with Crippen LogP contribution in [0.4, 0.5) is 4.79 Å². The van der Waals surface area contributed by atoms with E-state index in [0.717, 1.165) is 11.3 Å². The van der Waals surface area contributed by atoms with Crippen LogP contribution in [0.2, 0.25) is 0 Å². The van der Waals surface area contributed by atoms with Crippen molar-refractivity contribution in [2.45, 2.75) is 38.2 Å². The number of benzene rings is 1. The molecule has 0 bridgehead atoms. The summed E-state index contributed by atoms with van der Waals surface area (Å²) >= 11 is 1.42. The summed E-state index contributed by atoms with van der Waals surface area (Å²) < 4.78 is 10.2. The summed E-state index contributed by atoms with van der Waals surface area (Å²) in [6.07, 6.45) is -0.730. The first-order valence-corrected chi connectivity index (χ1v) is 8.30. The number of hydrogen-bond donors (Lipinski definition) is 2. The minimum atomic E-state index is -1.09. The van der Waals surface area contributed by atoms with Crippen LogP contribution in [0.3, 0.4) is 0 Å². The number of carbonyl (C=O) groups is 2. The predicted molar refractivity (Wildman–Crippen MR) is 89.9 cm³/mol. The Labute approximate surface area is 140 Å². The molecule has 0 fully saturated rings. The fourth-order valence-electron chi connectivity index (χ4n) is 1.68. The van der Waals surface area contributed by atoms with Gasteiger partial charge < -0.3 is 19.9 Å². The highest BCUT2D eigenvalue weighted by Gasteiger charge is 2.23. The maximum absolute atomic E-state index is 11.7. The van der Waals surface area contributed by atoms with Gasteiger partial charge in [0.25, 0.3) is 0 Å². The maximum Gasteiger partial charge on any atom is 0.408 e. The summed E-state index contributed by atoms with van der Waals surface area (Å²) in [5.74, 6) is 0.529. The molecule has 0 aromatic heterocycles. The van der Waals surface area contributed by atoms with Gasteiger partial charge in [0, 0.05) is 11.5 Å². The quantitative estimate of drug-likeness (QED) is 0.793. The molecule has 1 amide bonds. The van der Waals surface area contributed by atoms with Crippen LogP contribution in [-0.2, 0) is 15.3 Å². The van der Waals surface area contributed by atoms with Crippen molar-refractivity contribution < 1.29 is 24.2 Å². The highest BCUT2D eigenvalue weighted by Crippen LogP contribution is 2.18. The first-order valence-electron chi connectivity index (χ1n) is 7.14. The van der Waals surface area contributed by atoms with E-state index < -0.39 is 23.7 Å². The Kier molecular flexibility index (Phi) is 7.22. The number of carbonyl (C=O) groups excluding carboxylic acids is 1. The SMILES string of the molecule is COc1cccc(CSCC(NC(=O)OC(C)(C)C)C(=O)O)c1. The molecule has 7 heteroatoms.